The molecule has 2 aliphatic rings. The Hall–Kier alpha value is -1.95. The van der Waals surface area contributed by atoms with Gasteiger partial charge in [-0.1, -0.05) is 19.1 Å². The molecule has 2 fully saturated rings. The Morgan fingerprint density at radius 1 is 1.25 bits per heavy atom. The van der Waals surface area contributed by atoms with E-state index in [0.717, 1.165) is 38.5 Å². The van der Waals surface area contributed by atoms with Crippen LogP contribution in [0, 0.1) is 11.3 Å². The summed E-state index contributed by atoms with van der Waals surface area (Å²) in [4.78, 5) is 14.5. The first kappa shape index (κ1) is 24.7. The maximum atomic E-state index is 12.7. The molecule has 1 N–H and O–H groups in total. The predicted molar refractivity (Wildman–Crippen MR) is 124 cm³/mol. The van der Waals surface area contributed by atoms with Crippen molar-refractivity contribution in [3.63, 3.8) is 0 Å². The molecule has 0 radical (unpaired) electrons. The smallest absolute Gasteiger partial charge is 0.222 e. The number of piperidine rings is 1. The van der Waals surface area contributed by atoms with E-state index in [1.165, 1.54) is 11.8 Å². The van der Waals surface area contributed by atoms with Gasteiger partial charge in [-0.25, -0.2) is 13.1 Å². The Bertz CT molecular complexity index is 919. The first-order valence-corrected chi connectivity index (χ1v) is 13.6. The molecule has 176 valence electrons. The molecule has 1 heterocycles. The van der Waals surface area contributed by atoms with Gasteiger partial charge in [-0.3, -0.25) is 4.79 Å². The van der Waals surface area contributed by atoms with Crippen molar-refractivity contribution in [2.24, 2.45) is 0 Å². The van der Waals surface area contributed by atoms with E-state index in [-0.39, 0.29) is 24.1 Å². The molecule has 0 unspecified atom stereocenters. The summed E-state index contributed by atoms with van der Waals surface area (Å²) < 4.78 is 32.8. The van der Waals surface area contributed by atoms with Crippen LogP contribution >= 0.6 is 0 Å². The lowest BCUT2D eigenvalue weighted by Gasteiger charge is -2.42. The van der Waals surface area contributed by atoms with Crippen molar-refractivity contribution in [1.82, 2.24) is 9.62 Å². The molecule has 7 nitrogen and oxygen atoms in total. The lowest BCUT2D eigenvalue weighted by Crippen LogP contribution is -2.59. The number of nitrogens with zero attached hydrogens (tertiary/aromatic N) is 2. The van der Waals surface area contributed by atoms with Crippen LogP contribution in [0.2, 0.25) is 0 Å². The van der Waals surface area contributed by atoms with Crippen LogP contribution in [0.15, 0.2) is 24.3 Å². The van der Waals surface area contributed by atoms with E-state index < -0.39 is 10.0 Å². The van der Waals surface area contributed by atoms with E-state index in [2.05, 4.69) is 16.9 Å². The monoisotopic (exact) mass is 461 g/mol. The summed E-state index contributed by atoms with van der Waals surface area (Å²) in [5, 5.41) is 9.14. The third-order valence-electron chi connectivity index (χ3n) is 6.59. The number of rotatable bonds is 8. The number of benzene rings is 1. The molecular weight excluding hydrogens is 426 g/mol. The summed E-state index contributed by atoms with van der Waals surface area (Å²) in [7, 11) is -3.37. The molecule has 1 aromatic carbocycles. The second kappa shape index (κ2) is 11.3. The Balaban J connectivity index is 1.60. The van der Waals surface area contributed by atoms with Crippen LogP contribution in [0.4, 0.5) is 0 Å². The summed E-state index contributed by atoms with van der Waals surface area (Å²) >= 11 is 0. The van der Waals surface area contributed by atoms with Crippen molar-refractivity contribution >= 4 is 15.9 Å². The van der Waals surface area contributed by atoms with Crippen LogP contribution < -0.4 is 4.72 Å². The lowest BCUT2D eigenvalue weighted by molar-refractivity contribution is -0.138. The van der Waals surface area contributed by atoms with Crippen LogP contribution in [0.1, 0.15) is 75.3 Å². The van der Waals surface area contributed by atoms with E-state index in [0.29, 0.717) is 37.5 Å². The predicted octanol–water partition coefficient (Wildman–Crippen LogP) is 3.31. The molecule has 3 rings (SSSR count). The molecule has 1 saturated carbocycles. The Labute approximate surface area is 192 Å². The molecular formula is C24H35N3O4S. The van der Waals surface area contributed by atoms with Gasteiger partial charge in [0.25, 0.3) is 0 Å². The van der Waals surface area contributed by atoms with Gasteiger partial charge in [-0.05, 0) is 68.6 Å². The molecule has 0 bridgehead atoms. The molecule has 1 saturated heterocycles. The third-order valence-corrected chi connectivity index (χ3v) is 7.32. The second-order valence-corrected chi connectivity index (χ2v) is 10.9. The normalized spacial score (nSPS) is 26.5. The van der Waals surface area contributed by atoms with Crippen molar-refractivity contribution < 1.29 is 17.9 Å². The average Bonchev–Trinajstić information content (AvgIpc) is 2.77. The number of sulfonamides is 1. The first-order valence-electron chi connectivity index (χ1n) is 11.7. The van der Waals surface area contributed by atoms with Crippen LogP contribution in [0.3, 0.4) is 0 Å². The molecule has 8 heteroatoms. The van der Waals surface area contributed by atoms with Gasteiger partial charge in [0.1, 0.15) is 0 Å². The molecule has 32 heavy (non-hydrogen) atoms. The minimum atomic E-state index is -3.37. The van der Waals surface area contributed by atoms with Crippen molar-refractivity contribution in [2.45, 2.75) is 82.4 Å². The Morgan fingerprint density at radius 3 is 2.66 bits per heavy atom. The fourth-order valence-electron chi connectivity index (χ4n) is 5.00. The number of amides is 1. The van der Waals surface area contributed by atoms with E-state index in [1.807, 2.05) is 30.0 Å². The average molecular weight is 462 g/mol. The Kier molecular flexibility index (Phi) is 8.69. The van der Waals surface area contributed by atoms with Gasteiger partial charge in [0.2, 0.25) is 15.9 Å². The van der Waals surface area contributed by atoms with Crippen LogP contribution in [0.25, 0.3) is 0 Å². The zero-order valence-electron chi connectivity index (χ0n) is 19.1. The standard InChI is InChI=1S/C24H35N3O4S/c1-3-6-24(28)27-14-5-9-22(26-32(2,29)30)23(27)17-31-21-12-10-19(11-13-21)20-8-4-7-18(15-20)16-25/h4,7-8,15,19,21-23,26H,3,5-6,9-14,17H2,1-2H3/t19?,21?,22-,23-/m0/s1. The minimum Gasteiger partial charge on any atom is -0.376 e. The van der Waals surface area contributed by atoms with E-state index in [9.17, 15) is 13.2 Å². The fourth-order valence-corrected chi connectivity index (χ4v) is 5.83. The molecule has 1 aromatic rings. The van der Waals surface area contributed by atoms with Crippen LogP contribution in [-0.2, 0) is 19.6 Å². The first-order chi connectivity index (χ1) is 15.3. The molecule has 1 aliphatic carbocycles. The van der Waals surface area contributed by atoms with Gasteiger partial charge < -0.3 is 9.64 Å². The number of likely N-dealkylation sites (tertiary alicyclic amines) is 1. The summed E-state index contributed by atoms with van der Waals surface area (Å²) in [6.07, 6.45) is 7.82. The molecule has 2 atom stereocenters. The van der Waals surface area contributed by atoms with Gasteiger partial charge in [0.05, 0.1) is 36.6 Å². The number of nitrogens with one attached hydrogen (secondary N) is 1. The van der Waals surface area contributed by atoms with Gasteiger partial charge in [0.15, 0.2) is 0 Å². The van der Waals surface area contributed by atoms with Gasteiger partial charge in [0, 0.05) is 19.0 Å². The Morgan fingerprint density at radius 2 is 2.00 bits per heavy atom. The molecule has 0 spiro atoms. The van der Waals surface area contributed by atoms with Gasteiger partial charge in [-0.2, -0.15) is 5.26 Å². The highest BCUT2D eigenvalue weighted by Gasteiger charge is 2.36. The topological polar surface area (TPSA) is 99.5 Å². The van der Waals surface area contributed by atoms with Gasteiger partial charge >= 0.3 is 0 Å². The lowest BCUT2D eigenvalue weighted by atomic mass is 9.82. The van der Waals surface area contributed by atoms with Gasteiger partial charge in [-0.15, -0.1) is 0 Å². The number of hydrogen-bond donors (Lipinski definition) is 1. The van der Waals surface area contributed by atoms with Crippen molar-refractivity contribution in [3.05, 3.63) is 35.4 Å². The summed E-state index contributed by atoms with van der Waals surface area (Å²) in [6, 6.07) is 9.46. The minimum absolute atomic E-state index is 0.0715. The summed E-state index contributed by atoms with van der Waals surface area (Å²) in [5.41, 5.74) is 1.91. The van der Waals surface area contributed by atoms with Crippen molar-refractivity contribution in [2.75, 3.05) is 19.4 Å². The molecule has 0 aromatic heterocycles. The van der Waals surface area contributed by atoms with Crippen LogP contribution in [0.5, 0.6) is 0 Å². The summed E-state index contributed by atoms with van der Waals surface area (Å²) in [5.74, 6) is 0.502. The second-order valence-electron chi connectivity index (χ2n) is 9.09. The maximum Gasteiger partial charge on any atom is 0.222 e. The van der Waals surface area contributed by atoms with E-state index >= 15 is 0 Å². The zero-order chi connectivity index (χ0) is 23.1. The highest BCUT2D eigenvalue weighted by Crippen LogP contribution is 2.34. The van der Waals surface area contributed by atoms with E-state index in [1.54, 1.807) is 0 Å². The summed E-state index contributed by atoms with van der Waals surface area (Å²) in [6.45, 7) is 2.98. The van der Waals surface area contributed by atoms with E-state index in [4.69, 9.17) is 10.00 Å². The fraction of sp³-hybridized carbons (Fsp3) is 0.667. The largest absolute Gasteiger partial charge is 0.376 e. The number of carbonyl (C=O) groups excluding carboxylic acids is 1. The number of hydrogen-bond acceptors (Lipinski definition) is 5. The van der Waals surface area contributed by atoms with Crippen molar-refractivity contribution in [1.29, 1.82) is 5.26 Å². The zero-order valence-corrected chi connectivity index (χ0v) is 19.9. The maximum absolute atomic E-state index is 12.7. The van der Waals surface area contributed by atoms with Crippen LogP contribution in [-0.4, -0.2) is 56.8 Å². The number of ether oxygens (including phenoxy) is 1. The number of carbonyl (C=O) groups is 1. The highest BCUT2D eigenvalue weighted by atomic mass is 32.2. The highest BCUT2D eigenvalue weighted by molar-refractivity contribution is 7.88. The SMILES string of the molecule is CCCC(=O)N1CCC[C@H](NS(C)(=O)=O)[C@@H]1COC1CCC(c2cccc(C#N)c2)CC1. The number of nitriles is 1. The third kappa shape index (κ3) is 6.77. The molecule has 1 amide bonds. The molecule has 1 aliphatic heterocycles. The quantitative estimate of drug-likeness (QED) is 0.640. The van der Waals surface area contributed by atoms with Crippen molar-refractivity contribution in [3.8, 4) is 6.07 Å².